The van der Waals surface area contributed by atoms with Crippen LogP contribution in [0.5, 0.6) is 0 Å². The van der Waals surface area contributed by atoms with E-state index in [1.165, 1.54) is 12.5 Å². The third kappa shape index (κ3) is 4.62. The summed E-state index contributed by atoms with van der Waals surface area (Å²) >= 11 is 0. The number of aliphatic hydroxyl groups is 7. The number of hydrogen-bond acceptors (Lipinski definition) is 12. The molecule has 2 aliphatic heterocycles. The number of rotatable bonds is 6. The minimum atomic E-state index is -1.92. The minimum absolute atomic E-state index is 0.0351. The third-order valence-corrected chi connectivity index (χ3v) is 15.6. The molecule has 0 aromatic heterocycles. The number of hydrogen-bond donors (Lipinski definition) is 7. The highest BCUT2D eigenvalue weighted by Crippen LogP contribution is 2.88. The van der Waals surface area contributed by atoms with E-state index in [0.717, 1.165) is 32.1 Å². The van der Waals surface area contributed by atoms with Crippen LogP contribution >= 0.6 is 0 Å². The van der Waals surface area contributed by atoms with Crippen molar-refractivity contribution in [3.63, 3.8) is 0 Å². The molecule has 6 fully saturated rings. The van der Waals surface area contributed by atoms with Crippen molar-refractivity contribution in [2.45, 2.75) is 167 Å². The molecule has 12 heteroatoms. The first-order valence-electron chi connectivity index (χ1n) is 18.7. The van der Waals surface area contributed by atoms with Gasteiger partial charge in [0.05, 0.1) is 18.3 Å². The van der Waals surface area contributed by atoms with Crippen LogP contribution in [-0.4, -0.2) is 115 Å². The Morgan fingerprint density at radius 2 is 1.74 bits per heavy atom. The SMILES string of the molecule is CC(=O)OC(C1CC(C)C2C(O)(O1)C(O)C1(C)C3=CCC4C(C)(C)C(OC5OC(CO)C(O)C(O)C5O)CCC45CC35CCC21C)C(C)(C)O. The van der Waals surface area contributed by atoms with Gasteiger partial charge in [-0.1, -0.05) is 46.3 Å². The molecule has 0 aromatic rings. The van der Waals surface area contributed by atoms with E-state index >= 15 is 0 Å². The van der Waals surface area contributed by atoms with Gasteiger partial charge in [0.25, 0.3) is 0 Å². The van der Waals surface area contributed by atoms with Crippen molar-refractivity contribution < 1.29 is 59.5 Å². The van der Waals surface area contributed by atoms with Gasteiger partial charge in [0, 0.05) is 18.3 Å². The first-order valence-corrected chi connectivity index (χ1v) is 18.7. The van der Waals surface area contributed by atoms with Gasteiger partial charge in [0.1, 0.15) is 36.6 Å². The Bertz CT molecular complexity index is 1410. The minimum Gasteiger partial charge on any atom is -0.457 e. The topological polar surface area (TPSA) is 196 Å². The van der Waals surface area contributed by atoms with Crippen LogP contribution in [-0.2, 0) is 23.7 Å². The van der Waals surface area contributed by atoms with E-state index in [0.29, 0.717) is 12.8 Å². The second kappa shape index (κ2) is 11.4. The summed E-state index contributed by atoms with van der Waals surface area (Å²) in [7, 11) is 0. The largest absolute Gasteiger partial charge is 0.457 e. The number of fused-ring (bicyclic) bond motifs is 4. The Morgan fingerprint density at radius 3 is 2.36 bits per heavy atom. The van der Waals surface area contributed by atoms with E-state index in [1.807, 2.05) is 0 Å². The Morgan fingerprint density at radius 1 is 1.06 bits per heavy atom. The van der Waals surface area contributed by atoms with Crippen molar-refractivity contribution in [2.24, 2.45) is 44.8 Å². The zero-order valence-corrected chi connectivity index (χ0v) is 30.8. The van der Waals surface area contributed by atoms with Crippen LogP contribution in [0.4, 0.5) is 0 Å². The third-order valence-electron chi connectivity index (χ3n) is 15.6. The summed E-state index contributed by atoms with van der Waals surface area (Å²) in [5.74, 6) is -2.75. The molecule has 5 aliphatic carbocycles. The predicted molar refractivity (Wildman–Crippen MR) is 178 cm³/mol. The van der Waals surface area contributed by atoms with Gasteiger partial charge in [-0.25, -0.2) is 0 Å². The molecular formula is C38H60O12. The average Bonchev–Trinajstić information content (AvgIpc) is 3.66. The lowest BCUT2D eigenvalue weighted by atomic mass is 9.44. The fraction of sp³-hybridized carbons (Fsp3) is 0.921. The quantitative estimate of drug-likeness (QED) is 0.157. The molecule has 0 amide bonds. The van der Waals surface area contributed by atoms with Crippen molar-refractivity contribution in [2.75, 3.05) is 6.61 Å². The molecule has 0 aromatic carbocycles. The van der Waals surface area contributed by atoms with Gasteiger partial charge in [0.2, 0.25) is 0 Å². The highest BCUT2D eigenvalue weighted by Gasteiger charge is 2.85. The molecule has 2 heterocycles. The van der Waals surface area contributed by atoms with E-state index < -0.39 is 89.7 Å². The number of esters is 1. The summed E-state index contributed by atoms with van der Waals surface area (Å²) in [5.41, 5.74) is -2.08. The molecule has 7 N–H and O–H groups in total. The first kappa shape index (κ1) is 37.1. The van der Waals surface area contributed by atoms with Gasteiger partial charge in [-0.3, -0.25) is 4.79 Å². The van der Waals surface area contributed by atoms with E-state index in [1.54, 1.807) is 13.8 Å². The van der Waals surface area contributed by atoms with Crippen molar-refractivity contribution in [1.82, 2.24) is 0 Å². The van der Waals surface area contributed by atoms with Gasteiger partial charge in [-0.2, -0.15) is 0 Å². The molecule has 2 spiro atoms. The molecule has 2 saturated heterocycles. The molecule has 7 aliphatic rings. The van der Waals surface area contributed by atoms with Crippen LogP contribution in [0.15, 0.2) is 11.6 Å². The molecule has 12 nitrogen and oxygen atoms in total. The fourth-order valence-electron chi connectivity index (χ4n) is 13.3. The maximum absolute atomic E-state index is 12.6. The van der Waals surface area contributed by atoms with E-state index in [4.69, 9.17) is 18.9 Å². The van der Waals surface area contributed by atoms with Crippen molar-refractivity contribution in [1.29, 1.82) is 0 Å². The number of carbonyl (C=O) groups is 1. The average molecular weight is 709 g/mol. The van der Waals surface area contributed by atoms with Gasteiger partial charge in [-0.05, 0) is 92.3 Å². The molecule has 4 saturated carbocycles. The highest BCUT2D eigenvalue weighted by atomic mass is 16.7. The maximum atomic E-state index is 12.6. The van der Waals surface area contributed by atoms with E-state index in [9.17, 15) is 40.5 Å². The summed E-state index contributed by atoms with van der Waals surface area (Å²) in [6.45, 7) is 14.6. The molecular weight excluding hydrogens is 648 g/mol. The lowest BCUT2D eigenvalue weighted by molar-refractivity contribution is -0.341. The Balaban J connectivity index is 1.19. The van der Waals surface area contributed by atoms with Gasteiger partial charge >= 0.3 is 5.97 Å². The second-order valence-corrected chi connectivity index (χ2v) is 18.8. The van der Waals surface area contributed by atoms with Crippen LogP contribution in [0, 0.1) is 44.8 Å². The lowest BCUT2D eigenvalue weighted by Crippen LogP contribution is -2.61. The molecule has 7 rings (SSSR count). The summed E-state index contributed by atoms with van der Waals surface area (Å²) in [4.78, 5) is 12.1. The number of ether oxygens (including phenoxy) is 4. The number of carbonyl (C=O) groups excluding carboxylic acids is 1. The van der Waals surface area contributed by atoms with Crippen LogP contribution in [0.1, 0.15) is 100 Å². The van der Waals surface area contributed by atoms with Gasteiger partial charge in [-0.15, -0.1) is 0 Å². The number of aliphatic hydroxyl groups excluding tert-OH is 5. The van der Waals surface area contributed by atoms with Crippen molar-refractivity contribution >= 4 is 5.97 Å². The predicted octanol–water partition coefficient (Wildman–Crippen LogP) is 1.93. The summed E-state index contributed by atoms with van der Waals surface area (Å²) in [5, 5.41) is 77.2. The van der Waals surface area contributed by atoms with Crippen molar-refractivity contribution in [3.05, 3.63) is 11.6 Å². The van der Waals surface area contributed by atoms with Gasteiger partial charge in [0.15, 0.2) is 18.2 Å². The maximum Gasteiger partial charge on any atom is 0.303 e. The Kier molecular flexibility index (Phi) is 8.48. The zero-order chi connectivity index (χ0) is 36.8. The normalized spacial score (nSPS) is 54.2. The molecule has 17 atom stereocenters. The summed E-state index contributed by atoms with van der Waals surface area (Å²) in [6, 6.07) is 0. The number of allylic oxidation sites excluding steroid dienone is 1. The molecule has 17 unspecified atom stereocenters. The molecule has 0 bridgehead atoms. The van der Waals surface area contributed by atoms with Gasteiger partial charge < -0.3 is 54.7 Å². The monoisotopic (exact) mass is 708 g/mol. The second-order valence-electron chi connectivity index (χ2n) is 18.8. The molecule has 50 heavy (non-hydrogen) atoms. The summed E-state index contributed by atoms with van der Waals surface area (Å²) < 4.78 is 24.3. The summed E-state index contributed by atoms with van der Waals surface area (Å²) in [6.07, 6.45) is -2.32. The first-order chi connectivity index (χ1) is 23.1. The zero-order valence-electron chi connectivity index (χ0n) is 30.8. The Hall–Kier alpha value is -1.19. The van der Waals surface area contributed by atoms with Crippen LogP contribution < -0.4 is 0 Å². The molecule has 0 radical (unpaired) electrons. The standard InChI is InChI=1S/C38H60O12/c1-18-15-20(29(33(5,6)45)47-19(2)40)50-38(46)28(18)34(7)13-14-37-17-36(37)12-11-24(49-30-27(43)26(42)25(41)21(16-39)48-30)32(3,4)22(36)9-10-23(37)35(34,8)31(38)44/h10,18,20-22,24-31,39,41-46H,9,11-17H2,1-8H3. The highest BCUT2D eigenvalue weighted by molar-refractivity contribution is 5.66. The fourth-order valence-corrected chi connectivity index (χ4v) is 13.3. The smallest absolute Gasteiger partial charge is 0.303 e. The van der Waals surface area contributed by atoms with Crippen LogP contribution in [0.25, 0.3) is 0 Å². The lowest BCUT2D eigenvalue weighted by Gasteiger charge is -2.60. The van der Waals surface area contributed by atoms with E-state index in [-0.39, 0.29) is 34.2 Å². The van der Waals surface area contributed by atoms with Crippen molar-refractivity contribution in [3.8, 4) is 0 Å². The van der Waals surface area contributed by atoms with Crippen LogP contribution in [0.3, 0.4) is 0 Å². The molecule has 284 valence electrons. The van der Waals surface area contributed by atoms with Crippen LogP contribution in [0.2, 0.25) is 0 Å². The Labute approximate surface area is 295 Å². The van der Waals surface area contributed by atoms with E-state index in [2.05, 4.69) is 40.7 Å².